The number of urea groups is 1. The van der Waals surface area contributed by atoms with Crippen LogP contribution in [0.4, 0.5) is 4.79 Å². The van der Waals surface area contributed by atoms with Crippen LogP contribution >= 0.6 is 0 Å². The summed E-state index contributed by atoms with van der Waals surface area (Å²) in [6.45, 7) is 0.518. The van der Waals surface area contributed by atoms with E-state index in [1.54, 1.807) is 18.1 Å². The summed E-state index contributed by atoms with van der Waals surface area (Å²) in [4.78, 5) is 44.0. The molecule has 1 aliphatic rings. The number of imide groups is 1. The Balaban J connectivity index is 1.89. The highest BCUT2D eigenvalue weighted by atomic mass is 16.2. The third-order valence-corrected chi connectivity index (χ3v) is 3.90. The molecule has 0 radical (unpaired) electrons. The van der Waals surface area contributed by atoms with Gasteiger partial charge in [-0.1, -0.05) is 6.07 Å². The number of likely N-dealkylation sites (N-methyl/N-ethyl adjacent to an activating group) is 3. The predicted octanol–water partition coefficient (Wildman–Crippen LogP) is 0.365. The molecule has 1 saturated heterocycles. The van der Waals surface area contributed by atoms with Gasteiger partial charge in [0.2, 0.25) is 5.91 Å². The molecule has 1 aromatic rings. The zero-order chi connectivity index (χ0) is 16.3. The summed E-state index contributed by atoms with van der Waals surface area (Å²) in [7, 11) is 4.65. The summed E-state index contributed by atoms with van der Waals surface area (Å²) < 4.78 is 0. The average Bonchev–Trinajstić information content (AvgIpc) is 2.71. The van der Waals surface area contributed by atoms with Gasteiger partial charge in [0.15, 0.2) is 0 Å². The van der Waals surface area contributed by atoms with Crippen molar-refractivity contribution in [1.82, 2.24) is 19.7 Å². The minimum Gasteiger partial charge on any atom is -0.345 e. The van der Waals surface area contributed by atoms with Gasteiger partial charge in [0, 0.05) is 46.0 Å². The first-order chi connectivity index (χ1) is 10.4. The quantitative estimate of drug-likeness (QED) is 0.737. The van der Waals surface area contributed by atoms with E-state index in [0.717, 1.165) is 10.6 Å². The van der Waals surface area contributed by atoms with Gasteiger partial charge < -0.3 is 9.80 Å². The minimum absolute atomic E-state index is 0.00410. The van der Waals surface area contributed by atoms with E-state index < -0.39 is 6.04 Å². The number of amides is 4. The van der Waals surface area contributed by atoms with Crippen molar-refractivity contribution in [3.8, 4) is 0 Å². The van der Waals surface area contributed by atoms with E-state index >= 15 is 0 Å². The van der Waals surface area contributed by atoms with Gasteiger partial charge in [-0.2, -0.15) is 0 Å². The van der Waals surface area contributed by atoms with Gasteiger partial charge in [-0.05, 0) is 12.1 Å². The standard InChI is InChI=1S/C15H20N4O3/c1-17(9-7-11-6-4-5-8-16-11)13(20)10-12-14(21)19(3)15(22)18(12)2/h4-6,8,12H,7,9-10H2,1-3H3. The Kier molecular flexibility index (Phi) is 4.75. The monoisotopic (exact) mass is 304 g/mol. The van der Waals surface area contributed by atoms with Crippen molar-refractivity contribution < 1.29 is 14.4 Å². The van der Waals surface area contributed by atoms with Crippen molar-refractivity contribution in [3.05, 3.63) is 30.1 Å². The molecule has 0 bridgehead atoms. The van der Waals surface area contributed by atoms with Crippen molar-refractivity contribution in [3.63, 3.8) is 0 Å². The molecule has 1 aliphatic heterocycles. The Morgan fingerprint density at radius 2 is 2.05 bits per heavy atom. The lowest BCUT2D eigenvalue weighted by molar-refractivity contribution is -0.135. The van der Waals surface area contributed by atoms with Crippen LogP contribution in [0.1, 0.15) is 12.1 Å². The molecule has 1 fully saturated rings. The average molecular weight is 304 g/mol. The lowest BCUT2D eigenvalue weighted by Gasteiger charge is -2.21. The Hall–Kier alpha value is -2.44. The van der Waals surface area contributed by atoms with Crippen LogP contribution < -0.4 is 0 Å². The SMILES string of the molecule is CN(CCc1ccccn1)C(=O)CC1C(=O)N(C)C(=O)N1C. The molecule has 118 valence electrons. The number of carbonyl (C=O) groups excluding carboxylic acids is 3. The zero-order valence-corrected chi connectivity index (χ0v) is 13.0. The molecule has 0 spiro atoms. The summed E-state index contributed by atoms with van der Waals surface area (Å²) in [5, 5.41) is 0. The van der Waals surface area contributed by atoms with Crippen LogP contribution in [0.5, 0.6) is 0 Å². The molecule has 4 amide bonds. The molecular weight excluding hydrogens is 284 g/mol. The van der Waals surface area contributed by atoms with Crippen molar-refractivity contribution in [1.29, 1.82) is 0 Å². The van der Waals surface area contributed by atoms with Crippen LogP contribution in [0.25, 0.3) is 0 Å². The molecule has 0 N–H and O–H groups in total. The Morgan fingerprint density at radius 3 is 2.59 bits per heavy atom. The van der Waals surface area contributed by atoms with Gasteiger partial charge in [0.1, 0.15) is 6.04 Å². The van der Waals surface area contributed by atoms with E-state index in [1.807, 2.05) is 18.2 Å². The maximum absolute atomic E-state index is 12.2. The van der Waals surface area contributed by atoms with Crippen molar-refractivity contribution in [2.75, 3.05) is 27.7 Å². The van der Waals surface area contributed by atoms with Crippen LogP contribution in [0, 0.1) is 0 Å². The lowest BCUT2D eigenvalue weighted by atomic mass is 10.1. The highest BCUT2D eigenvalue weighted by Crippen LogP contribution is 2.17. The number of hydrogen-bond donors (Lipinski definition) is 0. The van der Waals surface area contributed by atoms with E-state index in [9.17, 15) is 14.4 Å². The van der Waals surface area contributed by atoms with Gasteiger partial charge in [-0.3, -0.25) is 19.5 Å². The fraction of sp³-hybridized carbons (Fsp3) is 0.467. The largest absolute Gasteiger partial charge is 0.345 e. The molecule has 7 nitrogen and oxygen atoms in total. The predicted molar refractivity (Wildman–Crippen MR) is 79.9 cm³/mol. The van der Waals surface area contributed by atoms with Gasteiger partial charge in [0.25, 0.3) is 5.91 Å². The number of hydrogen-bond acceptors (Lipinski definition) is 4. The Bertz CT molecular complexity index is 575. The van der Waals surface area contributed by atoms with Crippen molar-refractivity contribution in [2.45, 2.75) is 18.9 Å². The molecule has 2 heterocycles. The van der Waals surface area contributed by atoms with Gasteiger partial charge in [0.05, 0.1) is 6.42 Å². The van der Waals surface area contributed by atoms with E-state index in [-0.39, 0.29) is 24.3 Å². The maximum atomic E-state index is 12.2. The van der Waals surface area contributed by atoms with Gasteiger partial charge in [-0.15, -0.1) is 0 Å². The van der Waals surface area contributed by atoms with Crippen LogP contribution in [-0.4, -0.2) is 71.3 Å². The minimum atomic E-state index is -0.706. The number of aromatic nitrogens is 1. The first-order valence-electron chi connectivity index (χ1n) is 7.10. The molecule has 0 aromatic carbocycles. The number of rotatable bonds is 5. The second kappa shape index (κ2) is 6.55. The second-order valence-electron chi connectivity index (χ2n) is 5.40. The van der Waals surface area contributed by atoms with E-state index in [2.05, 4.69) is 4.98 Å². The molecule has 1 atom stereocenters. The first-order valence-corrected chi connectivity index (χ1v) is 7.10. The van der Waals surface area contributed by atoms with Crippen LogP contribution in [0.3, 0.4) is 0 Å². The topological polar surface area (TPSA) is 73.8 Å². The number of pyridine rings is 1. The summed E-state index contributed by atoms with van der Waals surface area (Å²) in [5.41, 5.74) is 0.908. The zero-order valence-electron chi connectivity index (χ0n) is 13.0. The Labute approximate surface area is 129 Å². The van der Waals surface area contributed by atoms with Crippen LogP contribution in [0.2, 0.25) is 0 Å². The maximum Gasteiger partial charge on any atom is 0.326 e. The first kappa shape index (κ1) is 15.9. The molecule has 7 heteroatoms. The fourth-order valence-corrected chi connectivity index (χ4v) is 2.35. The van der Waals surface area contributed by atoms with Crippen LogP contribution in [-0.2, 0) is 16.0 Å². The normalized spacial score (nSPS) is 18.0. The third-order valence-electron chi connectivity index (χ3n) is 3.90. The second-order valence-corrected chi connectivity index (χ2v) is 5.40. The summed E-state index contributed by atoms with van der Waals surface area (Å²) in [5.74, 6) is -0.497. The highest BCUT2D eigenvalue weighted by Gasteiger charge is 2.42. The number of nitrogens with zero attached hydrogens (tertiary/aromatic N) is 4. The molecule has 22 heavy (non-hydrogen) atoms. The molecule has 1 unspecified atom stereocenters. The highest BCUT2D eigenvalue weighted by molar-refractivity contribution is 6.05. The van der Waals surface area contributed by atoms with Crippen molar-refractivity contribution >= 4 is 17.8 Å². The fourth-order valence-electron chi connectivity index (χ4n) is 2.35. The third kappa shape index (κ3) is 3.24. The van der Waals surface area contributed by atoms with Crippen molar-refractivity contribution in [2.24, 2.45) is 0 Å². The smallest absolute Gasteiger partial charge is 0.326 e. The van der Waals surface area contributed by atoms with E-state index in [1.165, 1.54) is 19.0 Å². The van der Waals surface area contributed by atoms with Gasteiger partial charge in [-0.25, -0.2) is 4.79 Å². The van der Waals surface area contributed by atoms with E-state index in [0.29, 0.717) is 13.0 Å². The summed E-state index contributed by atoms with van der Waals surface area (Å²) in [6.07, 6.45) is 2.37. The van der Waals surface area contributed by atoms with Crippen LogP contribution in [0.15, 0.2) is 24.4 Å². The molecular formula is C15H20N4O3. The molecule has 0 aliphatic carbocycles. The summed E-state index contributed by atoms with van der Waals surface area (Å²) >= 11 is 0. The lowest BCUT2D eigenvalue weighted by Crippen LogP contribution is -2.38. The molecule has 0 saturated carbocycles. The van der Waals surface area contributed by atoms with Gasteiger partial charge >= 0.3 is 6.03 Å². The Morgan fingerprint density at radius 1 is 1.32 bits per heavy atom. The molecule has 1 aromatic heterocycles. The number of carbonyl (C=O) groups is 3. The summed E-state index contributed by atoms with van der Waals surface area (Å²) in [6, 6.07) is 4.56. The molecule has 2 rings (SSSR count). The van der Waals surface area contributed by atoms with E-state index in [4.69, 9.17) is 0 Å².